The zero-order valence-electron chi connectivity index (χ0n) is 15.2. The molecule has 2 atom stereocenters. The zero-order chi connectivity index (χ0) is 18.3. The van der Waals surface area contributed by atoms with Crippen molar-refractivity contribution in [2.75, 3.05) is 24.5 Å². The van der Waals surface area contributed by atoms with E-state index >= 15 is 0 Å². The lowest BCUT2D eigenvalue weighted by molar-refractivity contribution is 0.0987. The topological polar surface area (TPSA) is 90.0 Å². The third-order valence-electron chi connectivity index (χ3n) is 5.59. The number of piperidine rings is 1. The Balaban J connectivity index is 1.68. The van der Waals surface area contributed by atoms with Crippen molar-refractivity contribution >= 4 is 5.82 Å². The van der Waals surface area contributed by atoms with E-state index in [0.29, 0.717) is 24.0 Å². The van der Waals surface area contributed by atoms with E-state index in [2.05, 4.69) is 22.7 Å². The minimum absolute atomic E-state index is 0.0262. The molecule has 2 N–H and O–H groups in total. The Kier molecular flexibility index (Phi) is 4.39. The second-order valence-corrected chi connectivity index (χ2v) is 7.29. The fourth-order valence-electron chi connectivity index (χ4n) is 3.76. The number of aromatic nitrogens is 3. The largest absolute Gasteiger partial charge is 0.389 e. The number of β-amino-alcohol motifs (C(OH)–C–C–N with tert-alkyl or cyclic N) is 1. The Bertz CT molecular complexity index is 848. The van der Waals surface area contributed by atoms with Gasteiger partial charge in [0, 0.05) is 18.3 Å². The normalized spacial score (nSPS) is 23.5. The van der Waals surface area contributed by atoms with Crippen LogP contribution in [-0.2, 0) is 0 Å². The smallest absolute Gasteiger partial charge is 0.147 e. The molecule has 0 aliphatic carbocycles. The summed E-state index contributed by atoms with van der Waals surface area (Å²) in [5, 5.41) is 27.3. The lowest BCUT2D eigenvalue weighted by Gasteiger charge is -2.44. The van der Waals surface area contributed by atoms with Crippen LogP contribution in [0.25, 0.3) is 11.3 Å². The quantitative estimate of drug-likeness (QED) is 0.872. The average molecular weight is 352 g/mol. The van der Waals surface area contributed by atoms with Crippen LogP contribution in [0.4, 0.5) is 5.82 Å². The first kappa shape index (κ1) is 17.0. The predicted molar refractivity (Wildman–Crippen MR) is 98.9 cm³/mol. The van der Waals surface area contributed by atoms with Crippen LogP contribution >= 0.6 is 0 Å². The summed E-state index contributed by atoms with van der Waals surface area (Å²) in [6, 6.07) is 4.62. The molecule has 4 heterocycles. The van der Waals surface area contributed by atoms with E-state index in [9.17, 15) is 10.4 Å². The van der Waals surface area contributed by atoms with E-state index < -0.39 is 0 Å². The highest BCUT2D eigenvalue weighted by Gasteiger charge is 2.36. The first-order valence-electron chi connectivity index (χ1n) is 9.20. The number of aryl methyl sites for hydroxylation is 1. The van der Waals surface area contributed by atoms with E-state index in [1.807, 2.05) is 35.7 Å². The van der Waals surface area contributed by atoms with Gasteiger partial charge < -0.3 is 15.3 Å². The number of aliphatic hydroxyl groups is 1. The van der Waals surface area contributed by atoms with Crippen molar-refractivity contribution in [1.82, 2.24) is 20.1 Å². The molecule has 0 aromatic carbocycles. The second-order valence-electron chi connectivity index (χ2n) is 7.29. The molecule has 2 fully saturated rings. The highest BCUT2D eigenvalue weighted by atomic mass is 16.3. The molecular formula is C19H24N6O. The molecule has 7 heteroatoms. The van der Waals surface area contributed by atoms with Crippen LogP contribution in [0.5, 0.6) is 0 Å². The number of pyridine rings is 1. The molecule has 0 radical (unpaired) electrons. The van der Waals surface area contributed by atoms with Crippen molar-refractivity contribution in [2.24, 2.45) is 0 Å². The maximum atomic E-state index is 9.84. The van der Waals surface area contributed by atoms with Crippen LogP contribution in [0.2, 0.25) is 0 Å². The van der Waals surface area contributed by atoms with Crippen molar-refractivity contribution < 1.29 is 5.11 Å². The van der Waals surface area contributed by atoms with Gasteiger partial charge in [0.1, 0.15) is 11.9 Å². The summed E-state index contributed by atoms with van der Waals surface area (Å²) in [7, 11) is 0. The molecule has 136 valence electrons. The third kappa shape index (κ3) is 2.85. The fraction of sp³-hybridized carbons (Fsp3) is 0.526. The van der Waals surface area contributed by atoms with Gasteiger partial charge in [0.2, 0.25) is 0 Å². The van der Waals surface area contributed by atoms with Gasteiger partial charge in [-0.1, -0.05) is 0 Å². The molecule has 4 rings (SSSR count). The van der Waals surface area contributed by atoms with Crippen LogP contribution in [0.3, 0.4) is 0 Å². The first-order chi connectivity index (χ1) is 12.6. The molecule has 0 amide bonds. The molecule has 0 bridgehead atoms. The van der Waals surface area contributed by atoms with E-state index in [4.69, 9.17) is 4.98 Å². The third-order valence-corrected chi connectivity index (χ3v) is 5.59. The van der Waals surface area contributed by atoms with Gasteiger partial charge in [0.25, 0.3) is 0 Å². The number of nitrogens with one attached hydrogen (secondary N) is 1. The Morgan fingerprint density at radius 2 is 2.12 bits per heavy atom. The molecule has 26 heavy (non-hydrogen) atoms. The van der Waals surface area contributed by atoms with E-state index in [0.717, 1.165) is 42.8 Å². The summed E-state index contributed by atoms with van der Waals surface area (Å²) < 4.78 is 2.04. The summed E-state index contributed by atoms with van der Waals surface area (Å²) in [6.45, 7) is 6.44. The highest BCUT2D eigenvalue weighted by Crippen LogP contribution is 2.32. The van der Waals surface area contributed by atoms with Gasteiger partial charge >= 0.3 is 0 Å². The SMILES string of the molecule is Cc1cc(-c2cnn(C3CCNCC3)c2)nc(N2C[C@@H](O)[C@@H]2C)c1C#N. The van der Waals surface area contributed by atoms with Crippen molar-refractivity contribution in [3.63, 3.8) is 0 Å². The van der Waals surface area contributed by atoms with E-state index in [1.54, 1.807) is 0 Å². The number of nitriles is 1. The van der Waals surface area contributed by atoms with Gasteiger partial charge in [-0.25, -0.2) is 4.98 Å². The molecule has 2 saturated heterocycles. The zero-order valence-corrected chi connectivity index (χ0v) is 15.2. The molecule has 2 aliphatic rings. The number of aliphatic hydroxyl groups excluding tert-OH is 1. The average Bonchev–Trinajstić information content (AvgIpc) is 3.16. The van der Waals surface area contributed by atoms with Crippen LogP contribution in [0.1, 0.15) is 36.9 Å². The summed E-state index contributed by atoms with van der Waals surface area (Å²) in [5.74, 6) is 0.662. The Morgan fingerprint density at radius 1 is 1.35 bits per heavy atom. The fourth-order valence-corrected chi connectivity index (χ4v) is 3.76. The maximum absolute atomic E-state index is 9.84. The van der Waals surface area contributed by atoms with E-state index in [1.165, 1.54) is 0 Å². The van der Waals surface area contributed by atoms with Gasteiger partial charge in [0.05, 0.1) is 35.6 Å². The standard InChI is InChI=1S/C19H24N6O/c1-12-7-17(14-9-22-25(10-14)15-3-5-21-6-4-15)23-19(16(12)8-20)24-11-18(26)13(24)2/h7,9-10,13,15,18,21,26H,3-6,11H2,1-2H3/t13-,18+/m0/s1. The molecule has 2 aliphatic heterocycles. The van der Waals surface area contributed by atoms with Gasteiger partial charge in [-0.05, 0) is 51.4 Å². The highest BCUT2D eigenvalue weighted by molar-refractivity contribution is 5.68. The van der Waals surface area contributed by atoms with Gasteiger partial charge in [-0.3, -0.25) is 4.68 Å². The van der Waals surface area contributed by atoms with E-state index in [-0.39, 0.29) is 12.1 Å². The number of anilines is 1. The molecule has 2 aromatic heterocycles. The molecule has 2 aromatic rings. The van der Waals surface area contributed by atoms with Gasteiger partial charge in [0.15, 0.2) is 0 Å². The molecule has 7 nitrogen and oxygen atoms in total. The minimum Gasteiger partial charge on any atom is -0.389 e. The Hall–Kier alpha value is -2.43. The number of nitrogens with zero attached hydrogens (tertiary/aromatic N) is 5. The van der Waals surface area contributed by atoms with Crippen molar-refractivity contribution in [1.29, 1.82) is 5.26 Å². The molecular weight excluding hydrogens is 328 g/mol. The van der Waals surface area contributed by atoms with Crippen molar-refractivity contribution in [2.45, 2.75) is 44.9 Å². The summed E-state index contributed by atoms with van der Waals surface area (Å²) in [5.41, 5.74) is 3.27. The van der Waals surface area contributed by atoms with Crippen LogP contribution in [0, 0.1) is 18.3 Å². The summed E-state index contributed by atoms with van der Waals surface area (Å²) >= 11 is 0. The summed E-state index contributed by atoms with van der Waals surface area (Å²) in [6.07, 6.45) is 5.70. The second kappa shape index (κ2) is 6.71. The van der Waals surface area contributed by atoms with Crippen LogP contribution in [0.15, 0.2) is 18.5 Å². The number of rotatable bonds is 3. The predicted octanol–water partition coefficient (Wildman–Crippen LogP) is 1.62. The first-order valence-corrected chi connectivity index (χ1v) is 9.20. The summed E-state index contributed by atoms with van der Waals surface area (Å²) in [4.78, 5) is 6.76. The van der Waals surface area contributed by atoms with Gasteiger partial charge in [-0.2, -0.15) is 10.4 Å². The van der Waals surface area contributed by atoms with Crippen molar-refractivity contribution in [3.8, 4) is 17.3 Å². The van der Waals surface area contributed by atoms with Crippen molar-refractivity contribution in [3.05, 3.63) is 29.6 Å². The number of hydrogen-bond donors (Lipinski definition) is 2. The lowest BCUT2D eigenvalue weighted by atomic mass is 9.99. The lowest BCUT2D eigenvalue weighted by Crippen LogP contribution is -2.59. The van der Waals surface area contributed by atoms with Gasteiger partial charge in [-0.15, -0.1) is 0 Å². The molecule has 0 saturated carbocycles. The van der Waals surface area contributed by atoms with Crippen LogP contribution < -0.4 is 10.2 Å². The monoisotopic (exact) mass is 352 g/mol. The molecule has 0 spiro atoms. The minimum atomic E-state index is -0.366. The van der Waals surface area contributed by atoms with Crippen LogP contribution in [-0.4, -0.2) is 51.7 Å². The molecule has 0 unspecified atom stereocenters. The Labute approximate surface area is 153 Å². The maximum Gasteiger partial charge on any atom is 0.147 e. The Morgan fingerprint density at radius 3 is 2.77 bits per heavy atom. The number of hydrogen-bond acceptors (Lipinski definition) is 6.